The smallest absolute Gasteiger partial charge is 0.277 e. The summed E-state index contributed by atoms with van der Waals surface area (Å²) in [7, 11) is 4.50. The second kappa shape index (κ2) is 9.80. The molecule has 1 amide bonds. The van der Waals surface area contributed by atoms with Crippen LogP contribution in [0.15, 0.2) is 46.0 Å². The molecule has 1 heterocycles. The molecule has 0 saturated carbocycles. The molecule has 1 N–H and O–H groups in total. The van der Waals surface area contributed by atoms with E-state index in [-0.39, 0.29) is 28.5 Å². The molecule has 162 valence electrons. The van der Waals surface area contributed by atoms with E-state index >= 15 is 0 Å². The molecule has 3 rings (SSSR count). The van der Waals surface area contributed by atoms with Gasteiger partial charge < -0.3 is 23.9 Å². The van der Waals surface area contributed by atoms with Gasteiger partial charge in [-0.15, -0.1) is 10.2 Å². The van der Waals surface area contributed by atoms with Gasteiger partial charge in [0.2, 0.25) is 17.5 Å². The van der Waals surface area contributed by atoms with E-state index < -0.39 is 4.92 Å². The molecule has 0 aliphatic carbocycles. The van der Waals surface area contributed by atoms with Crippen molar-refractivity contribution in [3.63, 3.8) is 0 Å². The highest BCUT2D eigenvalue weighted by atomic mass is 32.2. The molecule has 1 aromatic heterocycles. The van der Waals surface area contributed by atoms with Crippen molar-refractivity contribution in [1.29, 1.82) is 0 Å². The first-order chi connectivity index (χ1) is 14.9. The number of carbonyl (C=O) groups is 1. The van der Waals surface area contributed by atoms with E-state index in [1.165, 1.54) is 45.6 Å². The Kier molecular flexibility index (Phi) is 6.92. The largest absolute Gasteiger partial charge is 0.493 e. The third-order valence-corrected chi connectivity index (χ3v) is 4.83. The molecular formula is C19H18N4O7S. The second-order valence-electron chi connectivity index (χ2n) is 5.93. The molecular weight excluding hydrogens is 428 g/mol. The molecule has 0 atom stereocenters. The normalized spacial score (nSPS) is 10.4. The summed E-state index contributed by atoms with van der Waals surface area (Å²) in [6, 6.07) is 8.87. The Bertz CT molecular complexity index is 1060. The number of carbonyl (C=O) groups excluding carboxylic acids is 1. The van der Waals surface area contributed by atoms with Crippen molar-refractivity contribution in [2.45, 2.75) is 5.22 Å². The zero-order chi connectivity index (χ0) is 22.4. The number of non-ortho nitro benzene ring substituents is 1. The monoisotopic (exact) mass is 446 g/mol. The maximum Gasteiger partial charge on any atom is 0.277 e. The van der Waals surface area contributed by atoms with Gasteiger partial charge in [0, 0.05) is 23.4 Å². The summed E-state index contributed by atoms with van der Waals surface area (Å²) in [5.41, 5.74) is 0.946. The van der Waals surface area contributed by atoms with Crippen LogP contribution in [0.2, 0.25) is 0 Å². The first-order valence-corrected chi connectivity index (χ1v) is 9.74. The molecule has 0 radical (unpaired) electrons. The maximum absolute atomic E-state index is 12.1. The summed E-state index contributed by atoms with van der Waals surface area (Å²) in [6.45, 7) is 0. The highest BCUT2D eigenvalue weighted by Gasteiger charge is 2.18. The molecule has 11 nitrogen and oxygen atoms in total. The van der Waals surface area contributed by atoms with Crippen LogP contribution in [0.1, 0.15) is 0 Å². The number of rotatable bonds is 9. The Hall–Kier alpha value is -3.80. The molecule has 0 unspecified atom stereocenters. The van der Waals surface area contributed by atoms with Crippen molar-refractivity contribution < 1.29 is 28.3 Å². The van der Waals surface area contributed by atoms with Crippen LogP contribution in [0.3, 0.4) is 0 Å². The van der Waals surface area contributed by atoms with Crippen LogP contribution in [-0.2, 0) is 4.79 Å². The Labute approximate surface area is 180 Å². The third kappa shape index (κ3) is 5.22. The molecule has 31 heavy (non-hydrogen) atoms. The van der Waals surface area contributed by atoms with E-state index in [1.54, 1.807) is 12.1 Å². The number of methoxy groups -OCH3 is 3. The van der Waals surface area contributed by atoms with Crippen molar-refractivity contribution in [2.75, 3.05) is 32.4 Å². The van der Waals surface area contributed by atoms with Gasteiger partial charge in [-0.2, -0.15) is 0 Å². The Morgan fingerprint density at radius 1 is 1.10 bits per heavy atom. The average Bonchev–Trinajstić information content (AvgIpc) is 3.26. The molecule has 0 spiro atoms. The molecule has 0 aliphatic rings. The van der Waals surface area contributed by atoms with E-state index in [2.05, 4.69) is 15.5 Å². The number of nitrogens with one attached hydrogen (secondary N) is 1. The number of thioether (sulfide) groups is 1. The van der Waals surface area contributed by atoms with E-state index in [4.69, 9.17) is 18.6 Å². The molecule has 0 aliphatic heterocycles. The summed E-state index contributed by atoms with van der Waals surface area (Å²) in [6.07, 6.45) is 0. The van der Waals surface area contributed by atoms with Crippen molar-refractivity contribution in [1.82, 2.24) is 10.2 Å². The number of nitrogens with zero attached hydrogens (tertiary/aromatic N) is 3. The number of benzene rings is 2. The minimum Gasteiger partial charge on any atom is -0.493 e. The highest BCUT2D eigenvalue weighted by Crippen LogP contribution is 2.41. The second-order valence-corrected chi connectivity index (χ2v) is 6.85. The van der Waals surface area contributed by atoms with Gasteiger partial charge in [0.15, 0.2) is 11.5 Å². The van der Waals surface area contributed by atoms with Crippen molar-refractivity contribution in [2.24, 2.45) is 0 Å². The molecule has 0 bridgehead atoms. The van der Waals surface area contributed by atoms with Crippen LogP contribution in [0, 0.1) is 10.1 Å². The molecule has 12 heteroatoms. The third-order valence-electron chi connectivity index (χ3n) is 4.01. The first-order valence-electron chi connectivity index (χ1n) is 8.76. The minimum atomic E-state index is -0.511. The Balaban J connectivity index is 1.65. The standard InChI is InChI=1S/C19H18N4O7S/c1-27-14-8-11(9-15(28-2)17(14)29-3)18-21-22-19(30-18)31-10-16(24)20-12-4-6-13(7-5-12)23(25)26/h4-9H,10H2,1-3H3,(H,20,24). The number of anilines is 1. The minimum absolute atomic E-state index is 0.00781. The number of ether oxygens (including phenoxy) is 3. The summed E-state index contributed by atoms with van der Waals surface area (Å²) in [5.74, 6) is 1.21. The topological polar surface area (TPSA) is 139 Å². The average molecular weight is 446 g/mol. The molecule has 0 fully saturated rings. The fourth-order valence-corrected chi connectivity index (χ4v) is 3.14. The van der Waals surface area contributed by atoms with E-state index in [1.807, 2.05) is 0 Å². The number of amides is 1. The number of nitro benzene ring substituents is 1. The van der Waals surface area contributed by atoms with Crippen LogP contribution in [0.4, 0.5) is 11.4 Å². The van der Waals surface area contributed by atoms with Crippen LogP contribution in [0.25, 0.3) is 11.5 Å². The van der Waals surface area contributed by atoms with Crippen LogP contribution in [-0.4, -0.2) is 48.1 Å². The summed E-state index contributed by atoms with van der Waals surface area (Å²) in [5, 5.41) is 21.4. The lowest BCUT2D eigenvalue weighted by molar-refractivity contribution is -0.384. The predicted molar refractivity (Wildman–Crippen MR) is 112 cm³/mol. The van der Waals surface area contributed by atoms with Crippen LogP contribution in [0.5, 0.6) is 17.2 Å². The van der Waals surface area contributed by atoms with Gasteiger partial charge in [-0.25, -0.2) is 0 Å². The van der Waals surface area contributed by atoms with E-state index in [0.29, 0.717) is 28.5 Å². The van der Waals surface area contributed by atoms with Gasteiger partial charge in [0.1, 0.15) is 0 Å². The van der Waals surface area contributed by atoms with Crippen molar-refractivity contribution >= 4 is 29.0 Å². The maximum atomic E-state index is 12.1. The zero-order valence-corrected chi connectivity index (χ0v) is 17.6. The van der Waals surface area contributed by atoms with Crippen molar-refractivity contribution in [3.8, 4) is 28.7 Å². The quantitative estimate of drug-likeness (QED) is 0.295. The fraction of sp³-hybridized carbons (Fsp3) is 0.211. The number of hydrogen-bond acceptors (Lipinski definition) is 10. The van der Waals surface area contributed by atoms with Gasteiger partial charge in [0.05, 0.1) is 32.0 Å². The van der Waals surface area contributed by atoms with Crippen molar-refractivity contribution in [3.05, 3.63) is 46.5 Å². The first kappa shape index (κ1) is 21.9. The number of hydrogen-bond donors (Lipinski definition) is 1. The van der Waals surface area contributed by atoms with Gasteiger partial charge in [-0.1, -0.05) is 11.8 Å². The SMILES string of the molecule is COc1cc(-c2nnc(SCC(=O)Nc3ccc([N+](=O)[O-])cc3)o2)cc(OC)c1OC. The molecule has 2 aromatic carbocycles. The van der Waals surface area contributed by atoms with E-state index in [9.17, 15) is 14.9 Å². The lowest BCUT2D eigenvalue weighted by Crippen LogP contribution is -2.13. The van der Waals surface area contributed by atoms with E-state index in [0.717, 1.165) is 11.8 Å². The summed E-state index contributed by atoms with van der Waals surface area (Å²) >= 11 is 1.05. The fourth-order valence-electron chi connectivity index (χ4n) is 2.58. The zero-order valence-electron chi connectivity index (χ0n) is 16.8. The molecule has 0 saturated heterocycles. The Morgan fingerprint density at radius 3 is 2.29 bits per heavy atom. The van der Waals surface area contributed by atoms with Crippen LogP contribution >= 0.6 is 11.8 Å². The van der Waals surface area contributed by atoms with Gasteiger partial charge >= 0.3 is 0 Å². The summed E-state index contributed by atoms with van der Waals surface area (Å²) in [4.78, 5) is 22.3. The molecule has 3 aromatic rings. The predicted octanol–water partition coefficient (Wildman–Crippen LogP) is 3.40. The lowest BCUT2D eigenvalue weighted by atomic mass is 10.2. The number of aromatic nitrogens is 2. The van der Waals surface area contributed by atoms with Gasteiger partial charge in [-0.3, -0.25) is 14.9 Å². The summed E-state index contributed by atoms with van der Waals surface area (Å²) < 4.78 is 21.5. The van der Waals surface area contributed by atoms with Crippen LogP contribution < -0.4 is 19.5 Å². The lowest BCUT2D eigenvalue weighted by Gasteiger charge is -2.12. The Morgan fingerprint density at radius 2 is 1.74 bits per heavy atom. The van der Waals surface area contributed by atoms with Gasteiger partial charge in [0.25, 0.3) is 10.9 Å². The highest BCUT2D eigenvalue weighted by molar-refractivity contribution is 7.99. The number of nitro groups is 1. The van der Waals surface area contributed by atoms with Gasteiger partial charge in [-0.05, 0) is 24.3 Å².